The second-order valence-corrected chi connectivity index (χ2v) is 7.35. The summed E-state index contributed by atoms with van der Waals surface area (Å²) in [5.41, 5.74) is 0.553. The van der Waals surface area contributed by atoms with E-state index in [-0.39, 0.29) is 11.2 Å². The summed E-state index contributed by atoms with van der Waals surface area (Å²) < 4.78 is 7.24. The number of ether oxygens (including phenoxy) is 1. The van der Waals surface area contributed by atoms with Gasteiger partial charge in [-0.2, -0.15) is 0 Å². The number of benzene rings is 1. The zero-order valence-electron chi connectivity index (χ0n) is 14.7. The zero-order chi connectivity index (χ0) is 18.2. The normalized spacial score (nSPS) is 12.0. The molecule has 1 N–H and O–H groups in total. The fraction of sp³-hybridized carbons (Fsp3) is 0.471. The Kier molecular flexibility index (Phi) is 7.58. The van der Waals surface area contributed by atoms with Gasteiger partial charge in [0.25, 0.3) is 0 Å². The summed E-state index contributed by atoms with van der Waals surface area (Å²) in [6.45, 7) is 4.86. The Balaban J connectivity index is 1.99. The Hall–Kier alpha value is -1.73. The third-order valence-corrected chi connectivity index (χ3v) is 4.98. The lowest BCUT2D eigenvalue weighted by Gasteiger charge is -2.14. The van der Waals surface area contributed by atoms with Crippen LogP contribution >= 0.6 is 23.4 Å². The molecule has 25 heavy (non-hydrogen) atoms. The Bertz CT molecular complexity index is 708. The van der Waals surface area contributed by atoms with Gasteiger partial charge in [-0.3, -0.25) is 4.79 Å². The quantitative estimate of drug-likeness (QED) is 0.518. The van der Waals surface area contributed by atoms with Crippen LogP contribution in [0.4, 0.5) is 5.69 Å². The number of anilines is 1. The highest BCUT2D eigenvalue weighted by Gasteiger charge is 2.19. The molecule has 0 radical (unpaired) electrons. The van der Waals surface area contributed by atoms with E-state index in [1.807, 2.05) is 11.5 Å². The van der Waals surface area contributed by atoms with E-state index in [1.54, 1.807) is 31.6 Å². The minimum Gasteiger partial charge on any atom is -0.495 e. The average molecular weight is 383 g/mol. The number of thioether (sulfide) groups is 1. The predicted molar refractivity (Wildman–Crippen MR) is 101 cm³/mol. The summed E-state index contributed by atoms with van der Waals surface area (Å²) in [4.78, 5) is 12.5. The number of hydrogen-bond donors (Lipinski definition) is 1. The molecule has 0 saturated heterocycles. The molecule has 8 heteroatoms. The van der Waals surface area contributed by atoms with Gasteiger partial charge in [0.1, 0.15) is 12.1 Å². The summed E-state index contributed by atoms with van der Waals surface area (Å²) in [5, 5.41) is 11.9. The molecule has 0 aliphatic heterocycles. The predicted octanol–water partition coefficient (Wildman–Crippen LogP) is 4.25. The van der Waals surface area contributed by atoms with Gasteiger partial charge in [-0.1, -0.05) is 43.1 Å². The SMILES string of the molecule is CCCCCn1cnnc1S[C@H](C)C(=O)Nc1cc(Cl)ccc1OC. The monoisotopic (exact) mass is 382 g/mol. The Morgan fingerprint density at radius 2 is 2.24 bits per heavy atom. The molecule has 136 valence electrons. The van der Waals surface area contributed by atoms with Crippen molar-refractivity contribution < 1.29 is 9.53 Å². The number of methoxy groups -OCH3 is 1. The van der Waals surface area contributed by atoms with E-state index >= 15 is 0 Å². The maximum absolute atomic E-state index is 12.5. The molecule has 6 nitrogen and oxygen atoms in total. The molecule has 0 saturated carbocycles. The van der Waals surface area contributed by atoms with Crippen LogP contribution in [0.25, 0.3) is 0 Å². The largest absolute Gasteiger partial charge is 0.495 e. The van der Waals surface area contributed by atoms with Crippen molar-refractivity contribution in [2.75, 3.05) is 12.4 Å². The topological polar surface area (TPSA) is 69.0 Å². The van der Waals surface area contributed by atoms with E-state index in [2.05, 4.69) is 22.4 Å². The maximum atomic E-state index is 12.5. The molecule has 0 aliphatic carbocycles. The molecular weight excluding hydrogens is 360 g/mol. The Morgan fingerprint density at radius 1 is 1.44 bits per heavy atom. The molecule has 0 bridgehead atoms. The number of rotatable bonds is 9. The van der Waals surface area contributed by atoms with Gasteiger partial charge in [0.15, 0.2) is 5.16 Å². The van der Waals surface area contributed by atoms with Crippen LogP contribution in [0.2, 0.25) is 5.02 Å². The minimum atomic E-state index is -0.335. The van der Waals surface area contributed by atoms with E-state index in [4.69, 9.17) is 16.3 Å². The standard InChI is InChI=1S/C17H23ClN4O2S/c1-4-5-6-9-22-11-19-21-17(22)25-12(2)16(23)20-14-10-13(18)7-8-15(14)24-3/h7-8,10-12H,4-6,9H2,1-3H3,(H,20,23)/t12-/m1/s1. The van der Waals surface area contributed by atoms with Crippen molar-refractivity contribution in [3.8, 4) is 5.75 Å². The number of aromatic nitrogens is 3. The highest BCUT2D eigenvalue weighted by atomic mass is 35.5. The minimum absolute atomic E-state index is 0.145. The number of nitrogens with one attached hydrogen (secondary N) is 1. The van der Waals surface area contributed by atoms with Crippen LogP contribution in [-0.2, 0) is 11.3 Å². The number of unbranched alkanes of at least 4 members (excludes halogenated alkanes) is 2. The van der Waals surface area contributed by atoms with Crippen LogP contribution in [0.1, 0.15) is 33.1 Å². The third kappa shape index (κ3) is 5.64. The van der Waals surface area contributed by atoms with Crippen molar-refractivity contribution in [2.24, 2.45) is 0 Å². The van der Waals surface area contributed by atoms with Gasteiger partial charge in [-0.25, -0.2) is 0 Å². The molecule has 2 rings (SSSR count). The van der Waals surface area contributed by atoms with Gasteiger partial charge in [0.2, 0.25) is 5.91 Å². The number of amides is 1. The first-order chi connectivity index (χ1) is 12.0. The number of carbonyl (C=O) groups excluding carboxylic acids is 1. The van der Waals surface area contributed by atoms with Crippen molar-refractivity contribution in [1.82, 2.24) is 14.8 Å². The fourth-order valence-electron chi connectivity index (χ4n) is 2.25. The molecule has 2 aromatic rings. The molecule has 1 aromatic carbocycles. The summed E-state index contributed by atoms with van der Waals surface area (Å²) in [5.74, 6) is 0.423. The number of aryl methyl sites for hydroxylation is 1. The lowest BCUT2D eigenvalue weighted by atomic mass is 10.2. The van der Waals surface area contributed by atoms with E-state index in [9.17, 15) is 4.79 Å². The smallest absolute Gasteiger partial charge is 0.237 e. The van der Waals surface area contributed by atoms with Crippen molar-refractivity contribution in [3.05, 3.63) is 29.5 Å². The first-order valence-electron chi connectivity index (χ1n) is 8.24. The van der Waals surface area contributed by atoms with Crippen molar-refractivity contribution in [2.45, 2.75) is 50.1 Å². The van der Waals surface area contributed by atoms with Crippen LogP contribution in [0, 0.1) is 0 Å². The third-order valence-electron chi connectivity index (χ3n) is 3.65. The van der Waals surface area contributed by atoms with Crippen molar-refractivity contribution in [3.63, 3.8) is 0 Å². The number of halogens is 1. The molecule has 1 atom stereocenters. The fourth-order valence-corrected chi connectivity index (χ4v) is 3.27. The van der Waals surface area contributed by atoms with Gasteiger partial charge in [0.05, 0.1) is 18.0 Å². The molecule has 1 aromatic heterocycles. The van der Waals surface area contributed by atoms with Crippen molar-refractivity contribution >= 4 is 35.0 Å². The average Bonchev–Trinajstić information content (AvgIpc) is 3.02. The highest BCUT2D eigenvalue weighted by molar-refractivity contribution is 8.00. The molecule has 0 unspecified atom stereocenters. The zero-order valence-corrected chi connectivity index (χ0v) is 16.2. The number of nitrogens with zero attached hydrogens (tertiary/aromatic N) is 3. The molecule has 0 spiro atoms. The number of hydrogen-bond acceptors (Lipinski definition) is 5. The Labute approximate surface area is 157 Å². The van der Waals surface area contributed by atoms with Gasteiger partial charge in [-0.15, -0.1) is 10.2 Å². The second-order valence-electron chi connectivity index (χ2n) is 5.61. The molecule has 1 heterocycles. The van der Waals surface area contributed by atoms with E-state index in [0.29, 0.717) is 16.5 Å². The second kappa shape index (κ2) is 9.68. The highest BCUT2D eigenvalue weighted by Crippen LogP contribution is 2.29. The van der Waals surface area contributed by atoms with Crippen LogP contribution in [-0.4, -0.2) is 33.0 Å². The van der Waals surface area contributed by atoms with E-state index < -0.39 is 0 Å². The van der Waals surface area contributed by atoms with Crippen LogP contribution in [0.3, 0.4) is 0 Å². The summed E-state index contributed by atoms with van der Waals surface area (Å²) >= 11 is 7.38. The van der Waals surface area contributed by atoms with Crippen LogP contribution < -0.4 is 10.1 Å². The first kappa shape index (κ1) is 19.6. The van der Waals surface area contributed by atoms with Crippen LogP contribution in [0.5, 0.6) is 5.75 Å². The number of carbonyl (C=O) groups is 1. The molecule has 0 fully saturated rings. The van der Waals surface area contributed by atoms with Crippen molar-refractivity contribution in [1.29, 1.82) is 0 Å². The van der Waals surface area contributed by atoms with Crippen LogP contribution in [0.15, 0.2) is 29.7 Å². The lowest BCUT2D eigenvalue weighted by Crippen LogP contribution is -2.23. The molecule has 0 aliphatic rings. The summed E-state index contributed by atoms with van der Waals surface area (Å²) in [6, 6.07) is 5.11. The van der Waals surface area contributed by atoms with Gasteiger partial charge < -0.3 is 14.6 Å². The van der Waals surface area contributed by atoms with Gasteiger partial charge >= 0.3 is 0 Å². The molecule has 1 amide bonds. The van der Waals surface area contributed by atoms with E-state index in [1.165, 1.54) is 11.8 Å². The summed E-state index contributed by atoms with van der Waals surface area (Å²) in [6.07, 6.45) is 5.10. The Morgan fingerprint density at radius 3 is 2.96 bits per heavy atom. The lowest BCUT2D eigenvalue weighted by molar-refractivity contribution is -0.115. The van der Waals surface area contributed by atoms with E-state index in [0.717, 1.165) is 31.0 Å². The van der Waals surface area contributed by atoms with Gasteiger partial charge in [0, 0.05) is 11.6 Å². The molecular formula is C17H23ClN4O2S. The maximum Gasteiger partial charge on any atom is 0.237 e. The summed E-state index contributed by atoms with van der Waals surface area (Å²) in [7, 11) is 1.55. The first-order valence-corrected chi connectivity index (χ1v) is 9.49. The van der Waals surface area contributed by atoms with Gasteiger partial charge in [-0.05, 0) is 31.5 Å².